The van der Waals surface area contributed by atoms with Crippen LogP contribution in [0.2, 0.25) is 0 Å². The van der Waals surface area contributed by atoms with E-state index in [0.717, 1.165) is 5.69 Å². The maximum atomic E-state index is 11.8. The summed E-state index contributed by atoms with van der Waals surface area (Å²) in [6.45, 7) is 2.11. The number of aromatic amines is 1. The van der Waals surface area contributed by atoms with Crippen LogP contribution in [0.3, 0.4) is 0 Å². The van der Waals surface area contributed by atoms with Crippen molar-refractivity contribution in [2.45, 2.75) is 13.5 Å². The van der Waals surface area contributed by atoms with Gasteiger partial charge in [0.2, 0.25) is 0 Å². The second-order valence-corrected chi connectivity index (χ2v) is 3.77. The second kappa shape index (κ2) is 4.28. The second-order valence-electron chi connectivity index (χ2n) is 3.77. The van der Waals surface area contributed by atoms with Crippen LogP contribution in [0.4, 0.5) is 5.82 Å². The first-order chi connectivity index (χ1) is 8.08. The molecule has 2 heterocycles. The maximum Gasteiger partial charge on any atom is 0.257 e. The van der Waals surface area contributed by atoms with Crippen LogP contribution in [-0.4, -0.2) is 25.9 Å². The number of nitrogens with one attached hydrogen (secondary N) is 2. The Bertz CT molecular complexity index is 521. The average molecular weight is 234 g/mol. The van der Waals surface area contributed by atoms with Gasteiger partial charge >= 0.3 is 0 Å². The van der Waals surface area contributed by atoms with Crippen molar-refractivity contribution in [2.24, 2.45) is 7.05 Å². The van der Waals surface area contributed by atoms with Gasteiger partial charge in [0.05, 0.1) is 12.2 Å². The molecule has 0 fully saturated rings. The number of carbonyl (C=O) groups is 1. The number of hydrogen-bond acceptors (Lipinski definition) is 4. The molecule has 0 aliphatic carbocycles. The molecule has 0 radical (unpaired) electrons. The number of hydrogen-bond donors (Lipinski definition) is 3. The quantitative estimate of drug-likeness (QED) is 0.693. The first-order valence-electron chi connectivity index (χ1n) is 5.15. The van der Waals surface area contributed by atoms with Crippen molar-refractivity contribution in [3.8, 4) is 0 Å². The Hall–Kier alpha value is -2.31. The Balaban J connectivity index is 2.03. The van der Waals surface area contributed by atoms with Gasteiger partial charge in [-0.2, -0.15) is 10.2 Å². The molecule has 0 spiro atoms. The molecule has 7 heteroatoms. The summed E-state index contributed by atoms with van der Waals surface area (Å²) in [6.07, 6.45) is 1.82. The van der Waals surface area contributed by atoms with Crippen molar-refractivity contribution < 1.29 is 4.79 Å². The molecule has 17 heavy (non-hydrogen) atoms. The summed E-state index contributed by atoms with van der Waals surface area (Å²) in [6, 6.07) is 1.84. The van der Waals surface area contributed by atoms with Crippen molar-refractivity contribution in [1.29, 1.82) is 0 Å². The highest BCUT2D eigenvalue weighted by Crippen LogP contribution is 2.11. The van der Waals surface area contributed by atoms with Gasteiger partial charge in [-0.25, -0.2) is 0 Å². The molecule has 0 aliphatic rings. The minimum atomic E-state index is -0.251. The minimum absolute atomic E-state index is 0.209. The first-order valence-corrected chi connectivity index (χ1v) is 5.15. The van der Waals surface area contributed by atoms with E-state index in [-0.39, 0.29) is 11.7 Å². The molecular weight excluding hydrogens is 220 g/mol. The molecule has 4 N–H and O–H groups in total. The zero-order valence-corrected chi connectivity index (χ0v) is 9.69. The van der Waals surface area contributed by atoms with Gasteiger partial charge in [-0.3, -0.25) is 14.6 Å². The van der Waals surface area contributed by atoms with Gasteiger partial charge in [0.25, 0.3) is 5.91 Å². The molecule has 0 atom stereocenters. The lowest BCUT2D eigenvalue weighted by Crippen LogP contribution is -2.24. The number of anilines is 1. The van der Waals surface area contributed by atoms with Crippen LogP contribution in [0.15, 0.2) is 12.3 Å². The number of aryl methyl sites for hydroxylation is 2. The molecule has 0 saturated carbocycles. The van der Waals surface area contributed by atoms with Crippen molar-refractivity contribution in [1.82, 2.24) is 25.3 Å². The highest BCUT2D eigenvalue weighted by atomic mass is 16.1. The summed E-state index contributed by atoms with van der Waals surface area (Å²) in [5.74, 6) is -0.0413. The lowest BCUT2D eigenvalue weighted by atomic mass is 10.2. The number of H-pyrrole nitrogens is 1. The van der Waals surface area contributed by atoms with E-state index >= 15 is 0 Å². The molecule has 2 rings (SSSR count). The van der Waals surface area contributed by atoms with E-state index in [1.165, 1.54) is 0 Å². The largest absolute Gasteiger partial charge is 0.382 e. The predicted molar refractivity (Wildman–Crippen MR) is 62.1 cm³/mol. The molecule has 7 nitrogen and oxygen atoms in total. The molecule has 0 saturated heterocycles. The fourth-order valence-corrected chi connectivity index (χ4v) is 1.55. The van der Waals surface area contributed by atoms with Crippen LogP contribution in [0, 0.1) is 6.92 Å². The molecule has 1 amide bonds. The van der Waals surface area contributed by atoms with Crippen LogP contribution >= 0.6 is 0 Å². The average Bonchev–Trinajstić information content (AvgIpc) is 2.83. The van der Waals surface area contributed by atoms with E-state index in [1.54, 1.807) is 11.6 Å². The van der Waals surface area contributed by atoms with Gasteiger partial charge in [-0.1, -0.05) is 0 Å². The zero-order valence-electron chi connectivity index (χ0n) is 9.69. The minimum Gasteiger partial charge on any atom is -0.382 e. The van der Waals surface area contributed by atoms with E-state index in [0.29, 0.717) is 17.8 Å². The van der Waals surface area contributed by atoms with Crippen molar-refractivity contribution in [3.63, 3.8) is 0 Å². The predicted octanol–water partition coefficient (Wildman–Crippen LogP) is -0.0362. The smallest absolute Gasteiger partial charge is 0.257 e. The van der Waals surface area contributed by atoms with Crippen LogP contribution in [-0.2, 0) is 13.6 Å². The third-order valence-electron chi connectivity index (χ3n) is 2.40. The van der Waals surface area contributed by atoms with Gasteiger partial charge in [0.15, 0.2) is 5.82 Å². The summed E-state index contributed by atoms with van der Waals surface area (Å²) < 4.78 is 1.68. The highest BCUT2D eigenvalue weighted by Gasteiger charge is 2.15. The Morgan fingerprint density at radius 2 is 2.41 bits per heavy atom. The van der Waals surface area contributed by atoms with Crippen molar-refractivity contribution in [3.05, 3.63) is 29.2 Å². The third kappa shape index (κ3) is 2.27. The Kier molecular flexibility index (Phi) is 2.82. The van der Waals surface area contributed by atoms with Gasteiger partial charge < -0.3 is 11.1 Å². The van der Waals surface area contributed by atoms with Crippen LogP contribution in [0.5, 0.6) is 0 Å². The molecule has 0 unspecified atom stereocenters. The summed E-state index contributed by atoms with van der Waals surface area (Å²) in [5, 5.41) is 13.3. The summed E-state index contributed by atoms with van der Waals surface area (Å²) >= 11 is 0. The zero-order chi connectivity index (χ0) is 12.4. The Morgan fingerprint density at radius 1 is 1.65 bits per heavy atom. The number of nitrogen functional groups attached to an aromatic ring is 1. The fourth-order valence-electron chi connectivity index (χ4n) is 1.55. The van der Waals surface area contributed by atoms with Crippen LogP contribution in [0.25, 0.3) is 0 Å². The van der Waals surface area contributed by atoms with E-state index in [9.17, 15) is 4.79 Å². The molecular formula is C10H14N6O. The topological polar surface area (TPSA) is 102 Å². The lowest BCUT2D eigenvalue weighted by Gasteiger charge is -2.02. The summed E-state index contributed by atoms with van der Waals surface area (Å²) in [7, 11) is 1.82. The summed E-state index contributed by atoms with van der Waals surface area (Å²) in [4.78, 5) is 11.8. The van der Waals surface area contributed by atoms with Gasteiger partial charge in [0, 0.05) is 18.9 Å². The SMILES string of the molecule is Cc1[nH]nc(N)c1C(=O)NCc1ccn(C)n1. The lowest BCUT2D eigenvalue weighted by molar-refractivity contribution is 0.0950. The molecule has 2 aromatic heterocycles. The van der Waals surface area contributed by atoms with Gasteiger partial charge in [-0.05, 0) is 13.0 Å². The number of nitrogens with zero attached hydrogens (tertiary/aromatic N) is 3. The number of rotatable bonds is 3. The van der Waals surface area contributed by atoms with Gasteiger partial charge in [-0.15, -0.1) is 0 Å². The van der Waals surface area contributed by atoms with Crippen molar-refractivity contribution >= 4 is 11.7 Å². The van der Waals surface area contributed by atoms with E-state index < -0.39 is 0 Å². The van der Waals surface area contributed by atoms with Crippen LogP contribution in [0.1, 0.15) is 21.7 Å². The Morgan fingerprint density at radius 3 is 2.94 bits per heavy atom. The monoisotopic (exact) mass is 234 g/mol. The fraction of sp³-hybridized carbons (Fsp3) is 0.300. The normalized spacial score (nSPS) is 10.5. The number of carbonyl (C=O) groups excluding carboxylic acids is 1. The molecule has 90 valence electrons. The van der Waals surface area contributed by atoms with Crippen LogP contribution < -0.4 is 11.1 Å². The van der Waals surface area contributed by atoms with E-state index in [4.69, 9.17) is 5.73 Å². The summed E-state index contributed by atoms with van der Waals surface area (Å²) in [5.41, 5.74) is 7.43. The number of aromatic nitrogens is 4. The van der Waals surface area contributed by atoms with Gasteiger partial charge in [0.1, 0.15) is 5.56 Å². The van der Waals surface area contributed by atoms with Crippen molar-refractivity contribution in [2.75, 3.05) is 5.73 Å². The number of amides is 1. The molecule has 0 bridgehead atoms. The first kappa shape index (κ1) is 11.2. The molecule has 0 aliphatic heterocycles. The van der Waals surface area contributed by atoms with E-state index in [1.807, 2.05) is 19.3 Å². The third-order valence-corrected chi connectivity index (χ3v) is 2.40. The van der Waals surface area contributed by atoms with E-state index in [2.05, 4.69) is 20.6 Å². The standard InChI is InChI=1S/C10H14N6O/c1-6-8(9(11)14-13-6)10(17)12-5-7-3-4-16(2)15-7/h3-4H,5H2,1-2H3,(H,12,17)(H3,11,13,14). The Labute approximate surface area is 98.0 Å². The maximum absolute atomic E-state index is 11.8. The molecule has 2 aromatic rings. The number of nitrogens with two attached hydrogens (primary N) is 1. The molecule has 0 aromatic carbocycles. The highest BCUT2D eigenvalue weighted by molar-refractivity contribution is 5.99.